The lowest BCUT2D eigenvalue weighted by Gasteiger charge is -2.12. The van der Waals surface area contributed by atoms with Gasteiger partial charge in [-0.15, -0.1) is 11.3 Å². The molecule has 0 atom stereocenters. The third-order valence-corrected chi connectivity index (χ3v) is 1.81. The number of hydrogen-bond acceptors (Lipinski definition) is 4. The van der Waals surface area contributed by atoms with Gasteiger partial charge < -0.3 is 5.11 Å². The molecule has 1 aromatic rings. The van der Waals surface area contributed by atoms with Crippen LogP contribution >= 0.6 is 11.3 Å². The molecule has 4 heteroatoms. The van der Waals surface area contributed by atoms with Crippen LogP contribution in [0.15, 0.2) is 10.9 Å². The summed E-state index contributed by atoms with van der Waals surface area (Å²) in [6.07, 6.45) is 0. The summed E-state index contributed by atoms with van der Waals surface area (Å²) in [5, 5.41) is 10.9. The Balaban J connectivity index is 2.88. The van der Waals surface area contributed by atoms with Gasteiger partial charge in [0.2, 0.25) is 5.78 Å². The molecule has 0 unspecified atom stereocenters. The van der Waals surface area contributed by atoms with Crippen LogP contribution in [-0.2, 0) is 0 Å². The molecule has 0 aliphatic rings. The summed E-state index contributed by atoms with van der Waals surface area (Å²) in [4.78, 5) is 15.0. The Bertz CT molecular complexity index is 248. The molecule has 0 radical (unpaired) electrons. The van der Waals surface area contributed by atoms with Crippen molar-refractivity contribution in [1.82, 2.24) is 4.98 Å². The van der Waals surface area contributed by atoms with Crippen LogP contribution in [0.3, 0.4) is 0 Å². The van der Waals surface area contributed by atoms with Crippen molar-refractivity contribution < 1.29 is 9.90 Å². The van der Waals surface area contributed by atoms with Crippen LogP contribution in [0.1, 0.15) is 24.3 Å². The maximum atomic E-state index is 11.2. The maximum Gasteiger partial charge on any atom is 0.212 e. The number of thiazole rings is 1. The molecule has 0 fully saturated rings. The zero-order valence-electron chi connectivity index (χ0n) is 6.37. The van der Waals surface area contributed by atoms with Crippen molar-refractivity contribution in [3.05, 3.63) is 16.6 Å². The van der Waals surface area contributed by atoms with Crippen molar-refractivity contribution in [1.29, 1.82) is 0 Å². The van der Waals surface area contributed by atoms with Gasteiger partial charge in [0.15, 0.2) is 0 Å². The highest BCUT2D eigenvalue weighted by Crippen LogP contribution is 2.11. The molecule has 1 N–H and O–H groups in total. The summed E-state index contributed by atoms with van der Waals surface area (Å²) in [5.74, 6) is -0.334. The summed E-state index contributed by atoms with van der Waals surface area (Å²) >= 11 is 1.34. The monoisotopic (exact) mass is 171 g/mol. The highest BCUT2D eigenvalue weighted by molar-refractivity contribution is 7.07. The molecule has 0 spiro atoms. The average Bonchev–Trinajstić information content (AvgIpc) is 2.34. The molecule has 1 heterocycles. The first-order valence-electron chi connectivity index (χ1n) is 3.17. The first-order valence-corrected chi connectivity index (χ1v) is 4.11. The van der Waals surface area contributed by atoms with E-state index in [1.54, 1.807) is 10.9 Å². The van der Waals surface area contributed by atoms with E-state index in [2.05, 4.69) is 4.98 Å². The van der Waals surface area contributed by atoms with E-state index < -0.39 is 5.60 Å². The van der Waals surface area contributed by atoms with Gasteiger partial charge in [-0.1, -0.05) is 0 Å². The quantitative estimate of drug-likeness (QED) is 0.678. The van der Waals surface area contributed by atoms with Crippen molar-refractivity contribution in [2.24, 2.45) is 0 Å². The fraction of sp³-hybridized carbons (Fsp3) is 0.429. The van der Waals surface area contributed by atoms with Gasteiger partial charge in [-0.25, -0.2) is 4.98 Å². The van der Waals surface area contributed by atoms with E-state index in [0.29, 0.717) is 5.69 Å². The van der Waals surface area contributed by atoms with Crippen molar-refractivity contribution in [2.75, 3.05) is 0 Å². The summed E-state index contributed by atoms with van der Waals surface area (Å²) in [6.45, 7) is 2.91. The van der Waals surface area contributed by atoms with Crippen LogP contribution < -0.4 is 0 Å². The Labute approximate surface area is 68.7 Å². The number of Topliss-reactive ketones (excluding diaryl/α,β-unsaturated/α-hetero) is 1. The van der Waals surface area contributed by atoms with Crippen LogP contribution in [0.4, 0.5) is 0 Å². The number of carbonyl (C=O) groups excluding carboxylic acids is 1. The highest BCUT2D eigenvalue weighted by atomic mass is 32.1. The highest BCUT2D eigenvalue weighted by Gasteiger charge is 2.26. The van der Waals surface area contributed by atoms with Crippen molar-refractivity contribution in [3.63, 3.8) is 0 Å². The zero-order chi connectivity index (χ0) is 8.48. The van der Waals surface area contributed by atoms with Crippen molar-refractivity contribution in [3.8, 4) is 0 Å². The first-order chi connectivity index (χ1) is 5.02. The largest absolute Gasteiger partial charge is 0.382 e. The molecule has 60 valence electrons. The summed E-state index contributed by atoms with van der Waals surface area (Å²) in [5.41, 5.74) is 0.593. The minimum Gasteiger partial charge on any atom is -0.382 e. The number of nitrogens with zero attached hydrogens (tertiary/aromatic N) is 1. The minimum atomic E-state index is -1.31. The molecule has 0 saturated heterocycles. The summed E-state index contributed by atoms with van der Waals surface area (Å²) in [7, 11) is 0. The van der Waals surface area contributed by atoms with E-state index in [1.807, 2.05) is 0 Å². The van der Waals surface area contributed by atoms with Crippen LogP contribution in [0.5, 0.6) is 0 Å². The number of aliphatic hydroxyl groups is 1. The lowest BCUT2D eigenvalue weighted by Crippen LogP contribution is -2.31. The number of aromatic nitrogens is 1. The lowest BCUT2D eigenvalue weighted by molar-refractivity contribution is 0.0483. The summed E-state index contributed by atoms with van der Waals surface area (Å²) in [6, 6.07) is 0. The molecule has 0 amide bonds. The van der Waals surface area contributed by atoms with E-state index in [0.717, 1.165) is 0 Å². The second kappa shape index (κ2) is 2.71. The second-order valence-corrected chi connectivity index (χ2v) is 3.48. The van der Waals surface area contributed by atoms with Crippen LogP contribution in [0, 0.1) is 0 Å². The van der Waals surface area contributed by atoms with Gasteiger partial charge in [0.05, 0.1) is 5.51 Å². The van der Waals surface area contributed by atoms with Gasteiger partial charge in [0, 0.05) is 5.38 Å². The maximum absolute atomic E-state index is 11.2. The van der Waals surface area contributed by atoms with Gasteiger partial charge in [0.1, 0.15) is 11.3 Å². The third-order valence-electron chi connectivity index (χ3n) is 1.22. The molecule has 11 heavy (non-hydrogen) atoms. The predicted molar refractivity (Wildman–Crippen MR) is 42.7 cm³/mol. The van der Waals surface area contributed by atoms with E-state index in [1.165, 1.54) is 25.2 Å². The van der Waals surface area contributed by atoms with Gasteiger partial charge in [-0.05, 0) is 13.8 Å². The molecule has 3 nitrogen and oxygen atoms in total. The molecule has 0 aliphatic heterocycles. The van der Waals surface area contributed by atoms with Gasteiger partial charge in [0.25, 0.3) is 0 Å². The minimum absolute atomic E-state index is 0.334. The average molecular weight is 171 g/mol. The predicted octanol–water partition coefficient (Wildman–Crippen LogP) is 1.10. The van der Waals surface area contributed by atoms with Gasteiger partial charge >= 0.3 is 0 Å². The first kappa shape index (κ1) is 8.36. The number of ketones is 1. The number of rotatable bonds is 2. The Morgan fingerprint density at radius 2 is 2.36 bits per heavy atom. The fourth-order valence-corrected chi connectivity index (χ4v) is 1.17. The SMILES string of the molecule is CC(C)(O)C(=O)c1cscn1. The standard InChI is InChI=1S/C7H9NO2S/c1-7(2,10)6(9)5-3-11-4-8-5/h3-4,10H,1-2H3. The van der Waals surface area contributed by atoms with E-state index in [9.17, 15) is 9.90 Å². The Hall–Kier alpha value is -0.740. The summed E-state index contributed by atoms with van der Waals surface area (Å²) < 4.78 is 0. The smallest absolute Gasteiger partial charge is 0.212 e. The third kappa shape index (κ3) is 1.85. The van der Waals surface area contributed by atoms with Crippen LogP contribution in [0.25, 0.3) is 0 Å². The lowest BCUT2D eigenvalue weighted by atomic mass is 10.0. The number of carbonyl (C=O) groups is 1. The van der Waals surface area contributed by atoms with Crippen molar-refractivity contribution >= 4 is 17.1 Å². The van der Waals surface area contributed by atoms with Gasteiger partial charge in [-0.3, -0.25) is 4.79 Å². The van der Waals surface area contributed by atoms with Gasteiger partial charge in [-0.2, -0.15) is 0 Å². The molecule has 1 rings (SSSR count). The molecule has 1 aromatic heterocycles. The number of hydrogen-bond donors (Lipinski definition) is 1. The van der Waals surface area contributed by atoms with E-state index >= 15 is 0 Å². The van der Waals surface area contributed by atoms with Crippen molar-refractivity contribution in [2.45, 2.75) is 19.4 Å². The molecular formula is C7H9NO2S. The van der Waals surface area contributed by atoms with Crippen LogP contribution in [0.2, 0.25) is 0 Å². The Morgan fingerprint density at radius 3 is 2.73 bits per heavy atom. The second-order valence-electron chi connectivity index (χ2n) is 2.76. The molecular weight excluding hydrogens is 162 g/mol. The molecule has 0 aliphatic carbocycles. The Kier molecular flexibility index (Phi) is 2.06. The topological polar surface area (TPSA) is 50.2 Å². The Morgan fingerprint density at radius 1 is 1.73 bits per heavy atom. The molecule has 0 aromatic carbocycles. The van der Waals surface area contributed by atoms with Crippen LogP contribution in [-0.4, -0.2) is 21.5 Å². The molecule has 0 bridgehead atoms. The van der Waals surface area contributed by atoms with E-state index in [4.69, 9.17) is 0 Å². The fourth-order valence-electron chi connectivity index (χ4n) is 0.638. The van der Waals surface area contributed by atoms with E-state index in [-0.39, 0.29) is 5.78 Å². The molecule has 0 saturated carbocycles. The normalized spacial score (nSPS) is 11.5. The zero-order valence-corrected chi connectivity index (χ0v) is 7.18.